The Morgan fingerprint density at radius 1 is 1.22 bits per heavy atom. The van der Waals surface area contributed by atoms with Gasteiger partial charge in [-0.15, -0.1) is 0 Å². The fourth-order valence-corrected chi connectivity index (χ4v) is 3.75. The molecule has 0 aliphatic carbocycles. The summed E-state index contributed by atoms with van der Waals surface area (Å²) < 4.78 is 38.6. The number of anilines is 1. The van der Waals surface area contributed by atoms with Gasteiger partial charge in [0.25, 0.3) is 5.91 Å². The molecule has 0 radical (unpaired) electrons. The summed E-state index contributed by atoms with van der Waals surface area (Å²) in [7, 11) is -2.84. The topological polar surface area (TPSA) is 154 Å². The molecule has 0 bridgehead atoms. The van der Waals surface area contributed by atoms with Crippen LogP contribution in [0.25, 0.3) is 0 Å². The lowest BCUT2D eigenvalue weighted by Crippen LogP contribution is -2.44. The maximum atomic E-state index is 12.8. The van der Waals surface area contributed by atoms with Crippen molar-refractivity contribution in [3.8, 4) is 0 Å². The van der Waals surface area contributed by atoms with Crippen molar-refractivity contribution in [2.24, 2.45) is 11.1 Å². The maximum absolute atomic E-state index is 12.8. The predicted molar refractivity (Wildman–Crippen MR) is 115 cm³/mol. The van der Waals surface area contributed by atoms with Crippen LogP contribution in [0.5, 0.6) is 0 Å². The molecule has 1 amide bonds. The van der Waals surface area contributed by atoms with Gasteiger partial charge in [0.1, 0.15) is 6.04 Å². The van der Waals surface area contributed by atoms with Crippen molar-refractivity contribution >= 4 is 33.6 Å². The second-order valence-corrected chi connectivity index (χ2v) is 9.23. The van der Waals surface area contributed by atoms with Crippen molar-refractivity contribution in [2.45, 2.75) is 31.2 Å². The molecule has 178 valence electrons. The molecule has 1 atom stereocenters. The molecule has 0 saturated carbocycles. The number of hydrogen-bond donors (Lipinski definition) is 2. The Balaban J connectivity index is 2.16. The lowest BCUT2D eigenvalue weighted by molar-refractivity contribution is -0.145. The van der Waals surface area contributed by atoms with E-state index < -0.39 is 40.5 Å². The minimum Gasteiger partial charge on any atom is -0.467 e. The molecule has 12 heteroatoms. The van der Waals surface area contributed by atoms with Crippen LogP contribution in [0, 0.1) is 5.92 Å². The number of carbonyl (C=O) groups excluding carboxylic acids is 3. The summed E-state index contributed by atoms with van der Waals surface area (Å²) in [6.45, 7) is 4.97. The van der Waals surface area contributed by atoms with Crippen LogP contribution in [0.2, 0.25) is 0 Å². The van der Waals surface area contributed by atoms with E-state index in [9.17, 15) is 22.8 Å². The molecule has 1 aliphatic rings. The third-order valence-electron chi connectivity index (χ3n) is 4.73. The van der Waals surface area contributed by atoms with Crippen molar-refractivity contribution in [1.82, 2.24) is 5.32 Å². The molecule has 2 rings (SSSR count). The third kappa shape index (κ3) is 7.18. The van der Waals surface area contributed by atoms with Crippen molar-refractivity contribution in [2.75, 3.05) is 44.9 Å². The smallest absolute Gasteiger partial charge is 0.340 e. The number of benzene rings is 1. The summed E-state index contributed by atoms with van der Waals surface area (Å²) in [5.74, 6) is -2.08. The zero-order chi connectivity index (χ0) is 23.9. The van der Waals surface area contributed by atoms with Gasteiger partial charge in [0.15, 0.2) is 6.61 Å². The lowest BCUT2D eigenvalue weighted by Gasteiger charge is -2.30. The maximum Gasteiger partial charge on any atom is 0.340 e. The summed E-state index contributed by atoms with van der Waals surface area (Å²) in [6.07, 6.45) is 0.351. The van der Waals surface area contributed by atoms with Crippen LogP contribution < -0.4 is 15.4 Å². The Bertz CT molecular complexity index is 942. The van der Waals surface area contributed by atoms with Gasteiger partial charge in [-0.2, -0.15) is 0 Å². The largest absolute Gasteiger partial charge is 0.467 e. The minimum atomic E-state index is -4.06. The van der Waals surface area contributed by atoms with E-state index in [1.807, 2.05) is 18.7 Å². The third-order valence-corrected chi connectivity index (χ3v) is 5.64. The Labute approximate surface area is 187 Å². The normalized spacial score (nSPS) is 15.2. The van der Waals surface area contributed by atoms with Gasteiger partial charge in [0.05, 0.1) is 36.5 Å². The average molecular weight is 472 g/mol. The number of hydrogen-bond acceptors (Lipinski definition) is 9. The van der Waals surface area contributed by atoms with Gasteiger partial charge < -0.3 is 24.4 Å². The van der Waals surface area contributed by atoms with E-state index in [4.69, 9.17) is 19.3 Å². The van der Waals surface area contributed by atoms with E-state index in [1.54, 1.807) is 0 Å². The molecule has 1 fully saturated rings. The molecule has 0 aromatic heterocycles. The zero-order valence-corrected chi connectivity index (χ0v) is 19.1. The molecule has 1 aliphatic heterocycles. The van der Waals surface area contributed by atoms with E-state index in [0.717, 1.165) is 6.07 Å². The van der Waals surface area contributed by atoms with Gasteiger partial charge in [0.2, 0.25) is 10.0 Å². The van der Waals surface area contributed by atoms with Gasteiger partial charge >= 0.3 is 11.9 Å². The highest BCUT2D eigenvalue weighted by molar-refractivity contribution is 7.89. The predicted octanol–water partition coefficient (Wildman–Crippen LogP) is 0.0313. The standard InChI is InChI=1S/C20H29N3O8S/c1-13(2)10-16(20(26)29-3)22-18(24)12-31-19(25)15-11-14(32(21,27)28)4-5-17(15)23-6-8-30-9-7-23/h4-5,11,13,16H,6-10,12H2,1-3H3,(H,22,24)(H2,21,27,28). The van der Waals surface area contributed by atoms with Gasteiger partial charge in [-0.05, 0) is 30.5 Å². The number of nitrogens with zero attached hydrogens (tertiary/aromatic N) is 1. The molecule has 1 heterocycles. The van der Waals surface area contributed by atoms with E-state index in [2.05, 4.69) is 5.32 Å². The van der Waals surface area contributed by atoms with Crippen molar-refractivity contribution < 1.29 is 37.0 Å². The van der Waals surface area contributed by atoms with E-state index >= 15 is 0 Å². The number of carbonyl (C=O) groups is 3. The van der Waals surface area contributed by atoms with Crippen LogP contribution in [-0.4, -0.2) is 72.3 Å². The zero-order valence-electron chi connectivity index (χ0n) is 18.3. The van der Waals surface area contributed by atoms with E-state index in [0.29, 0.717) is 38.4 Å². The first kappa shape index (κ1) is 25.6. The Morgan fingerprint density at radius 3 is 2.44 bits per heavy atom. The Morgan fingerprint density at radius 2 is 1.88 bits per heavy atom. The minimum absolute atomic E-state index is 0.0436. The SMILES string of the molecule is COC(=O)C(CC(C)C)NC(=O)COC(=O)c1cc(S(N)(=O)=O)ccc1N1CCOCC1. The highest BCUT2D eigenvalue weighted by atomic mass is 32.2. The van der Waals surface area contributed by atoms with Crippen LogP contribution >= 0.6 is 0 Å². The first-order valence-corrected chi connectivity index (χ1v) is 11.6. The fraction of sp³-hybridized carbons (Fsp3) is 0.550. The van der Waals surface area contributed by atoms with Crippen molar-refractivity contribution in [3.63, 3.8) is 0 Å². The molecule has 1 saturated heterocycles. The number of morpholine rings is 1. The number of nitrogens with two attached hydrogens (primary N) is 1. The second-order valence-electron chi connectivity index (χ2n) is 7.67. The molecule has 11 nitrogen and oxygen atoms in total. The summed E-state index contributed by atoms with van der Waals surface area (Å²) in [5, 5.41) is 7.68. The van der Waals surface area contributed by atoms with Gasteiger partial charge in [0, 0.05) is 13.1 Å². The molecule has 1 aromatic rings. The lowest BCUT2D eigenvalue weighted by atomic mass is 10.0. The summed E-state index contributed by atoms with van der Waals surface area (Å²) in [6, 6.07) is 3.02. The molecular weight excluding hydrogens is 442 g/mol. The van der Waals surface area contributed by atoms with Gasteiger partial charge in [-0.1, -0.05) is 13.8 Å². The van der Waals surface area contributed by atoms with Crippen LogP contribution in [0.1, 0.15) is 30.6 Å². The molecule has 1 unspecified atom stereocenters. The molecule has 0 spiro atoms. The Kier molecular flexibility index (Phi) is 8.99. The number of primary sulfonamides is 1. The molecule has 32 heavy (non-hydrogen) atoms. The van der Waals surface area contributed by atoms with Gasteiger partial charge in [-0.25, -0.2) is 23.1 Å². The van der Waals surface area contributed by atoms with Crippen LogP contribution in [0.3, 0.4) is 0 Å². The first-order valence-electron chi connectivity index (χ1n) is 10.1. The van der Waals surface area contributed by atoms with Crippen molar-refractivity contribution in [1.29, 1.82) is 0 Å². The molecule has 3 N–H and O–H groups in total. The molecule has 1 aromatic carbocycles. The van der Waals surface area contributed by atoms with Crippen LogP contribution in [0.15, 0.2) is 23.1 Å². The number of nitrogens with one attached hydrogen (secondary N) is 1. The highest BCUT2D eigenvalue weighted by Gasteiger charge is 2.25. The number of sulfonamides is 1. The summed E-state index contributed by atoms with van der Waals surface area (Å²) >= 11 is 0. The van der Waals surface area contributed by atoms with E-state index in [-0.39, 0.29) is 16.4 Å². The second kappa shape index (κ2) is 11.2. The number of esters is 2. The number of methoxy groups -OCH3 is 1. The number of ether oxygens (including phenoxy) is 3. The van der Waals surface area contributed by atoms with Crippen LogP contribution in [-0.2, 0) is 33.8 Å². The highest BCUT2D eigenvalue weighted by Crippen LogP contribution is 2.25. The quantitative estimate of drug-likeness (QED) is 0.475. The number of rotatable bonds is 9. The first-order chi connectivity index (χ1) is 15.0. The molecular formula is C20H29N3O8S. The fourth-order valence-electron chi connectivity index (χ4n) is 3.21. The van der Waals surface area contributed by atoms with Gasteiger partial charge in [-0.3, -0.25) is 4.79 Å². The Hall–Kier alpha value is -2.70. The average Bonchev–Trinajstić information content (AvgIpc) is 2.75. The summed E-state index contributed by atoms with van der Waals surface area (Å²) in [4.78, 5) is 38.5. The summed E-state index contributed by atoms with van der Waals surface area (Å²) in [5.41, 5.74) is 0.399. The number of amides is 1. The monoisotopic (exact) mass is 471 g/mol. The van der Waals surface area contributed by atoms with E-state index in [1.165, 1.54) is 19.2 Å². The van der Waals surface area contributed by atoms with Crippen LogP contribution in [0.4, 0.5) is 5.69 Å². The van der Waals surface area contributed by atoms with Crippen molar-refractivity contribution in [3.05, 3.63) is 23.8 Å².